The van der Waals surface area contributed by atoms with E-state index in [4.69, 9.17) is 14.2 Å². The van der Waals surface area contributed by atoms with E-state index in [9.17, 15) is 18.3 Å². The second-order valence-corrected chi connectivity index (χ2v) is 10.6. The van der Waals surface area contributed by atoms with Crippen LogP contribution in [0.25, 0.3) is 0 Å². The van der Waals surface area contributed by atoms with Gasteiger partial charge in [-0.05, 0) is 16.7 Å². The average molecular weight is 486 g/mol. The second kappa shape index (κ2) is 7.97. The summed E-state index contributed by atoms with van der Waals surface area (Å²) in [7, 11) is -3.79. The Bertz CT molecular complexity index is 1310. The zero-order chi connectivity index (χ0) is 23.4. The number of carbonyl (C=O) groups is 1. The van der Waals surface area contributed by atoms with Crippen molar-refractivity contribution >= 4 is 15.9 Å². The molecule has 1 aromatic heterocycles. The first kappa shape index (κ1) is 21.4. The lowest BCUT2D eigenvalue weighted by Gasteiger charge is -2.25. The van der Waals surface area contributed by atoms with Crippen molar-refractivity contribution in [3.63, 3.8) is 0 Å². The number of fused-ring (bicyclic) bond motifs is 2. The van der Waals surface area contributed by atoms with Gasteiger partial charge in [-0.3, -0.25) is 4.79 Å². The van der Waals surface area contributed by atoms with Crippen LogP contribution in [0.4, 0.5) is 0 Å². The van der Waals surface area contributed by atoms with E-state index in [0.29, 0.717) is 36.9 Å². The summed E-state index contributed by atoms with van der Waals surface area (Å²) in [5.74, 6) is 0.778. The summed E-state index contributed by atoms with van der Waals surface area (Å²) in [5, 5.41) is 10.8. The Hall–Kier alpha value is -3.15. The van der Waals surface area contributed by atoms with Gasteiger partial charge in [0.05, 0.1) is 12.8 Å². The zero-order valence-corrected chi connectivity index (χ0v) is 19.1. The molecular weight excluding hydrogens is 462 g/mol. The van der Waals surface area contributed by atoms with Gasteiger partial charge in [-0.1, -0.05) is 18.2 Å². The summed E-state index contributed by atoms with van der Waals surface area (Å²) in [6.45, 7) is 2.20. The van der Waals surface area contributed by atoms with Gasteiger partial charge in [0.15, 0.2) is 11.9 Å². The highest BCUT2D eigenvalue weighted by Gasteiger charge is 2.40. The smallest absolute Gasteiger partial charge is 0.257 e. The zero-order valence-electron chi connectivity index (χ0n) is 18.3. The third-order valence-corrected chi connectivity index (χ3v) is 8.35. The van der Waals surface area contributed by atoms with Crippen molar-refractivity contribution in [2.45, 2.75) is 17.4 Å². The van der Waals surface area contributed by atoms with Crippen molar-refractivity contribution in [1.29, 1.82) is 0 Å². The fourth-order valence-electron chi connectivity index (χ4n) is 4.84. The van der Waals surface area contributed by atoms with Crippen LogP contribution in [-0.2, 0) is 21.2 Å². The van der Waals surface area contributed by atoms with Crippen molar-refractivity contribution in [2.24, 2.45) is 0 Å². The molecule has 0 unspecified atom stereocenters. The van der Waals surface area contributed by atoms with E-state index in [2.05, 4.69) is 4.98 Å². The third-order valence-electron chi connectivity index (χ3n) is 6.59. The van der Waals surface area contributed by atoms with E-state index in [1.54, 1.807) is 11.0 Å². The number of hydrogen-bond donors (Lipinski definition) is 1. The molecule has 0 saturated heterocycles. The molecule has 6 rings (SSSR count). The van der Waals surface area contributed by atoms with E-state index in [0.717, 1.165) is 23.1 Å². The number of para-hydroxylation sites is 1. The van der Waals surface area contributed by atoms with Gasteiger partial charge in [0, 0.05) is 44.2 Å². The highest BCUT2D eigenvalue weighted by atomic mass is 32.2. The minimum Gasteiger partial charge on any atom is -0.493 e. The summed E-state index contributed by atoms with van der Waals surface area (Å²) in [4.78, 5) is 18.7. The van der Waals surface area contributed by atoms with E-state index in [1.165, 1.54) is 16.6 Å². The number of pyridine rings is 1. The lowest BCUT2D eigenvalue weighted by Crippen LogP contribution is -2.38. The normalized spacial score (nSPS) is 20.2. The molecule has 0 radical (unpaired) electrons. The molecule has 2 aromatic rings. The lowest BCUT2D eigenvalue weighted by atomic mass is 10.0. The van der Waals surface area contributed by atoms with Crippen LogP contribution in [0.5, 0.6) is 17.4 Å². The maximum absolute atomic E-state index is 13.2. The molecule has 1 aromatic carbocycles. The summed E-state index contributed by atoms with van der Waals surface area (Å²) < 4.78 is 44.2. The first-order chi connectivity index (χ1) is 16.4. The van der Waals surface area contributed by atoms with Gasteiger partial charge in [-0.15, -0.1) is 0 Å². The van der Waals surface area contributed by atoms with Gasteiger partial charge >= 0.3 is 0 Å². The van der Waals surface area contributed by atoms with Crippen molar-refractivity contribution in [1.82, 2.24) is 14.2 Å². The molecule has 178 valence electrons. The van der Waals surface area contributed by atoms with E-state index < -0.39 is 22.0 Å². The van der Waals surface area contributed by atoms with E-state index in [-0.39, 0.29) is 37.0 Å². The number of hydrogen-bond acceptors (Lipinski definition) is 8. The predicted octanol–water partition coefficient (Wildman–Crippen LogP) is 0.664. The molecule has 34 heavy (non-hydrogen) atoms. The number of rotatable bonds is 4. The Kier molecular flexibility index (Phi) is 5.01. The Morgan fingerprint density at radius 3 is 2.59 bits per heavy atom. The molecule has 0 bridgehead atoms. The molecule has 11 heteroatoms. The molecule has 0 saturated carbocycles. The minimum atomic E-state index is -3.79. The van der Waals surface area contributed by atoms with E-state index in [1.807, 2.05) is 12.1 Å². The molecule has 1 amide bonds. The van der Waals surface area contributed by atoms with Crippen LogP contribution < -0.4 is 14.2 Å². The van der Waals surface area contributed by atoms with Crippen LogP contribution in [0.2, 0.25) is 0 Å². The number of amides is 1. The average Bonchev–Trinajstić information content (AvgIpc) is 3.57. The van der Waals surface area contributed by atoms with Crippen molar-refractivity contribution < 1.29 is 32.5 Å². The Labute approximate surface area is 196 Å². The van der Waals surface area contributed by atoms with Gasteiger partial charge in [-0.2, -0.15) is 4.31 Å². The lowest BCUT2D eigenvalue weighted by molar-refractivity contribution is -0.139. The quantitative estimate of drug-likeness (QED) is 0.628. The molecule has 4 aliphatic rings. The maximum atomic E-state index is 13.2. The summed E-state index contributed by atoms with van der Waals surface area (Å²) in [6, 6.07) is 6.89. The number of aliphatic hydroxyl groups is 1. The Morgan fingerprint density at radius 2 is 1.79 bits per heavy atom. The maximum Gasteiger partial charge on any atom is 0.257 e. The van der Waals surface area contributed by atoms with Gasteiger partial charge in [-0.25, -0.2) is 13.4 Å². The molecule has 4 aliphatic heterocycles. The van der Waals surface area contributed by atoms with Gasteiger partial charge in [0.25, 0.3) is 11.8 Å². The van der Waals surface area contributed by atoms with E-state index >= 15 is 0 Å². The van der Waals surface area contributed by atoms with Gasteiger partial charge < -0.3 is 24.2 Å². The molecule has 1 atom stereocenters. The highest BCUT2D eigenvalue weighted by Crippen LogP contribution is 2.37. The van der Waals surface area contributed by atoms with Crippen molar-refractivity contribution in [2.75, 3.05) is 46.0 Å². The number of ether oxygens (including phenoxy) is 3. The molecular formula is C23H23N3O7S. The van der Waals surface area contributed by atoms with Crippen LogP contribution in [-0.4, -0.2) is 79.6 Å². The highest BCUT2D eigenvalue weighted by molar-refractivity contribution is 7.89. The molecule has 0 aliphatic carbocycles. The second-order valence-electron chi connectivity index (χ2n) is 8.68. The molecule has 0 fully saturated rings. The summed E-state index contributed by atoms with van der Waals surface area (Å²) in [6.07, 6.45) is 0.711. The SMILES string of the molecule is O=C([C@H](O)c1cccc2c1OCC2)N1CC2=C(C1)CN(S(=O)(=O)c1cnc3c(c1)OCCO3)C2. The summed E-state index contributed by atoms with van der Waals surface area (Å²) in [5.41, 5.74) is 3.22. The molecule has 10 nitrogen and oxygen atoms in total. The predicted molar refractivity (Wildman–Crippen MR) is 118 cm³/mol. The number of aliphatic hydroxyl groups excluding tert-OH is 1. The third kappa shape index (κ3) is 3.42. The Morgan fingerprint density at radius 1 is 1.03 bits per heavy atom. The Balaban J connectivity index is 1.14. The standard InChI is InChI=1S/C23H23N3O7S/c27-20(18-3-1-2-14-4-5-32-21(14)18)23(28)25-10-15-12-26(13-16(15)11-25)34(29,30)17-8-19-22(24-9-17)33-7-6-31-19/h1-3,8-9,20,27H,4-7,10-13H2/t20-/m1/s1. The largest absolute Gasteiger partial charge is 0.493 e. The molecule has 0 spiro atoms. The van der Waals surface area contributed by atoms with Crippen LogP contribution in [0, 0.1) is 0 Å². The number of sulfonamides is 1. The fourth-order valence-corrected chi connectivity index (χ4v) is 6.23. The van der Waals surface area contributed by atoms with Crippen LogP contribution in [0.15, 0.2) is 46.5 Å². The van der Waals surface area contributed by atoms with Crippen LogP contribution in [0.1, 0.15) is 17.2 Å². The van der Waals surface area contributed by atoms with Crippen molar-refractivity contribution in [3.05, 3.63) is 52.7 Å². The molecule has 5 heterocycles. The van der Waals surface area contributed by atoms with Gasteiger partial charge in [0.1, 0.15) is 23.9 Å². The fraction of sp³-hybridized carbons (Fsp3) is 0.391. The minimum absolute atomic E-state index is 0.0409. The first-order valence-electron chi connectivity index (χ1n) is 11.1. The molecule has 1 N–H and O–H groups in total. The monoisotopic (exact) mass is 485 g/mol. The number of nitrogens with zero attached hydrogens (tertiary/aromatic N) is 3. The van der Waals surface area contributed by atoms with Crippen molar-refractivity contribution in [3.8, 4) is 17.4 Å². The van der Waals surface area contributed by atoms with Crippen LogP contribution >= 0.6 is 0 Å². The van der Waals surface area contributed by atoms with Gasteiger partial charge in [0.2, 0.25) is 10.0 Å². The van der Waals surface area contributed by atoms with Crippen LogP contribution in [0.3, 0.4) is 0 Å². The first-order valence-corrected chi connectivity index (χ1v) is 12.5. The topological polar surface area (TPSA) is 119 Å². The number of carbonyl (C=O) groups excluding carboxylic acids is 1. The number of benzene rings is 1. The number of aromatic nitrogens is 1. The summed E-state index contributed by atoms with van der Waals surface area (Å²) >= 11 is 0.